The third-order valence-corrected chi connectivity index (χ3v) is 2.98. The minimum Gasteiger partial charge on any atom is -0.324 e. The van der Waals surface area contributed by atoms with E-state index in [1.54, 1.807) is 17.1 Å². The molecule has 5 nitrogen and oxygen atoms in total. The maximum absolute atomic E-state index is 11.9. The lowest BCUT2D eigenvalue weighted by Gasteiger charge is -2.06. The largest absolute Gasteiger partial charge is 0.324 e. The first-order chi connectivity index (χ1) is 10.3. The zero-order valence-electron chi connectivity index (χ0n) is 11.3. The molecule has 21 heavy (non-hydrogen) atoms. The van der Waals surface area contributed by atoms with Crippen LogP contribution < -0.4 is 5.32 Å². The van der Waals surface area contributed by atoms with Gasteiger partial charge in [-0.25, -0.2) is 9.67 Å². The van der Waals surface area contributed by atoms with Crippen LogP contribution in [0.25, 0.3) is 5.82 Å². The van der Waals surface area contributed by atoms with Gasteiger partial charge in [0.2, 0.25) is 5.91 Å². The number of hydrogen-bond donors (Lipinski definition) is 1. The van der Waals surface area contributed by atoms with E-state index < -0.39 is 0 Å². The third kappa shape index (κ3) is 3.33. The number of nitrogens with one attached hydrogen (secondary N) is 1. The van der Waals surface area contributed by atoms with E-state index >= 15 is 0 Å². The molecule has 2 heterocycles. The normalized spacial score (nSPS) is 10.3. The van der Waals surface area contributed by atoms with E-state index in [0.29, 0.717) is 17.9 Å². The molecule has 5 heteroatoms. The lowest BCUT2D eigenvalue weighted by atomic mass is 10.1. The van der Waals surface area contributed by atoms with E-state index in [-0.39, 0.29) is 5.91 Å². The summed E-state index contributed by atoms with van der Waals surface area (Å²) in [6.07, 6.45) is 5.48. The van der Waals surface area contributed by atoms with Crippen LogP contribution in [0.5, 0.6) is 0 Å². The predicted molar refractivity (Wildman–Crippen MR) is 80.1 cm³/mol. The third-order valence-electron chi connectivity index (χ3n) is 2.98. The van der Waals surface area contributed by atoms with Gasteiger partial charge in [0.15, 0.2) is 5.82 Å². The molecule has 0 aliphatic heterocycles. The van der Waals surface area contributed by atoms with Crippen LogP contribution in [0.2, 0.25) is 0 Å². The lowest BCUT2D eigenvalue weighted by Crippen LogP contribution is -2.14. The Kier molecular flexibility index (Phi) is 3.73. The molecule has 3 aromatic rings. The van der Waals surface area contributed by atoms with Gasteiger partial charge < -0.3 is 5.32 Å². The van der Waals surface area contributed by atoms with Crippen LogP contribution in [0.3, 0.4) is 0 Å². The Labute approximate surface area is 122 Å². The van der Waals surface area contributed by atoms with Crippen molar-refractivity contribution in [2.75, 3.05) is 5.32 Å². The van der Waals surface area contributed by atoms with Crippen molar-refractivity contribution in [3.63, 3.8) is 0 Å². The van der Waals surface area contributed by atoms with Crippen molar-refractivity contribution in [2.24, 2.45) is 0 Å². The van der Waals surface area contributed by atoms with Gasteiger partial charge in [0.05, 0.1) is 18.3 Å². The van der Waals surface area contributed by atoms with Crippen molar-refractivity contribution in [3.05, 3.63) is 72.7 Å². The standard InChI is InChI=1S/C16H14N4O/c21-16(11-13-5-2-1-3-6-13)19-14-7-8-15(17-12-14)20-10-4-9-18-20/h1-10,12H,11H2,(H,19,21). The minimum absolute atomic E-state index is 0.0603. The van der Waals surface area contributed by atoms with Gasteiger partial charge in [-0.1, -0.05) is 30.3 Å². The molecule has 0 aliphatic carbocycles. The summed E-state index contributed by atoms with van der Waals surface area (Å²) in [5, 5.41) is 6.93. The maximum Gasteiger partial charge on any atom is 0.228 e. The molecule has 3 rings (SSSR count). The molecule has 0 radical (unpaired) electrons. The fourth-order valence-corrected chi connectivity index (χ4v) is 1.99. The van der Waals surface area contributed by atoms with E-state index in [4.69, 9.17) is 0 Å². The molecule has 1 aromatic carbocycles. The van der Waals surface area contributed by atoms with Gasteiger partial charge >= 0.3 is 0 Å². The van der Waals surface area contributed by atoms with E-state index in [0.717, 1.165) is 5.56 Å². The Hall–Kier alpha value is -2.95. The van der Waals surface area contributed by atoms with Crippen LogP contribution in [0.4, 0.5) is 5.69 Å². The SMILES string of the molecule is O=C(Cc1ccccc1)Nc1ccc(-n2cccn2)nc1. The summed E-state index contributed by atoms with van der Waals surface area (Å²) in [6.45, 7) is 0. The molecule has 0 aliphatic rings. The summed E-state index contributed by atoms with van der Waals surface area (Å²) >= 11 is 0. The van der Waals surface area contributed by atoms with Crippen molar-refractivity contribution < 1.29 is 4.79 Å². The number of rotatable bonds is 4. The van der Waals surface area contributed by atoms with Gasteiger partial charge in [-0.2, -0.15) is 5.10 Å². The highest BCUT2D eigenvalue weighted by molar-refractivity contribution is 5.92. The van der Waals surface area contributed by atoms with Crippen LogP contribution in [-0.4, -0.2) is 20.7 Å². The number of nitrogens with zero attached hydrogens (tertiary/aromatic N) is 3. The lowest BCUT2D eigenvalue weighted by molar-refractivity contribution is -0.115. The Morgan fingerprint density at radius 3 is 2.62 bits per heavy atom. The summed E-state index contributed by atoms with van der Waals surface area (Å²) in [7, 11) is 0. The number of benzene rings is 1. The quantitative estimate of drug-likeness (QED) is 0.797. The highest BCUT2D eigenvalue weighted by Gasteiger charge is 2.04. The fraction of sp³-hybridized carbons (Fsp3) is 0.0625. The molecular formula is C16H14N4O. The van der Waals surface area contributed by atoms with Gasteiger partial charge in [-0.3, -0.25) is 4.79 Å². The average Bonchev–Trinajstić information content (AvgIpc) is 3.03. The van der Waals surface area contributed by atoms with E-state index in [1.165, 1.54) is 0 Å². The van der Waals surface area contributed by atoms with Crippen molar-refractivity contribution in [3.8, 4) is 5.82 Å². The van der Waals surface area contributed by atoms with Crippen LogP contribution in [-0.2, 0) is 11.2 Å². The molecule has 1 N–H and O–H groups in total. The molecule has 0 saturated heterocycles. The van der Waals surface area contributed by atoms with Gasteiger partial charge in [0.1, 0.15) is 0 Å². The average molecular weight is 278 g/mol. The Morgan fingerprint density at radius 1 is 1.10 bits per heavy atom. The summed E-state index contributed by atoms with van der Waals surface area (Å²) in [4.78, 5) is 16.2. The molecule has 0 unspecified atom stereocenters. The topological polar surface area (TPSA) is 59.8 Å². The summed E-state index contributed by atoms with van der Waals surface area (Å²) in [6, 6.07) is 15.1. The molecule has 0 bridgehead atoms. The summed E-state index contributed by atoms with van der Waals surface area (Å²) < 4.78 is 1.66. The zero-order chi connectivity index (χ0) is 14.5. The number of carbonyl (C=O) groups is 1. The summed E-state index contributed by atoms with van der Waals surface area (Å²) in [5.41, 5.74) is 1.66. The number of hydrogen-bond acceptors (Lipinski definition) is 3. The summed E-state index contributed by atoms with van der Waals surface area (Å²) in [5.74, 6) is 0.649. The second-order valence-electron chi connectivity index (χ2n) is 4.57. The van der Waals surface area contributed by atoms with E-state index in [2.05, 4.69) is 15.4 Å². The van der Waals surface area contributed by atoms with Crippen molar-refractivity contribution in [2.45, 2.75) is 6.42 Å². The first kappa shape index (κ1) is 13.1. The second-order valence-corrected chi connectivity index (χ2v) is 4.57. The van der Waals surface area contributed by atoms with Crippen LogP contribution in [0.1, 0.15) is 5.56 Å². The molecule has 0 saturated carbocycles. The first-order valence-corrected chi connectivity index (χ1v) is 6.61. The highest BCUT2D eigenvalue weighted by Crippen LogP contribution is 2.10. The number of amides is 1. The molecule has 0 atom stereocenters. The molecule has 104 valence electrons. The monoisotopic (exact) mass is 278 g/mol. The molecule has 1 amide bonds. The van der Waals surface area contributed by atoms with Crippen LogP contribution >= 0.6 is 0 Å². The van der Waals surface area contributed by atoms with Gasteiger partial charge in [-0.15, -0.1) is 0 Å². The Balaban J connectivity index is 1.64. The number of pyridine rings is 1. The molecule has 0 spiro atoms. The van der Waals surface area contributed by atoms with Gasteiger partial charge in [-0.05, 0) is 23.8 Å². The Morgan fingerprint density at radius 2 is 1.95 bits per heavy atom. The zero-order valence-corrected chi connectivity index (χ0v) is 11.3. The minimum atomic E-state index is -0.0603. The van der Waals surface area contributed by atoms with Crippen molar-refractivity contribution in [1.82, 2.24) is 14.8 Å². The number of aromatic nitrogens is 3. The second kappa shape index (κ2) is 6.00. The number of carbonyl (C=O) groups excluding carboxylic acids is 1. The van der Waals surface area contributed by atoms with E-state index in [1.807, 2.05) is 54.7 Å². The smallest absolute Gasteiger partial charge is 0.228 e. The Bertz CT molecular complexity index is 706. The fourth-order valence-electron chi connectivity index (χ4n) is 1.99. The molecule has 0 fully saturated rings. The predicted octanol–water partition coefficient (Wildman–Crippen LogP) is 2.45. The van der Waals surface area contributed by atoms with Crippen LogP contribution in [0, 0.1) is 0 Å². The van der Waals surface area contributed by atoms with Gasteiger partial charge in [0.25, 0.3) is 0 Å². The van der Waals surface area contributed by atoms with Crippen molar-refractivity contribution in [1.29, 1.82) is 0 Å². The van der Waals surface area contributed by atoms with Gasteiger partial charge in [0, 0.05) is 12.4 Å². The maximum atomic E-state index is 11.9. The van der Waals surface area contributed by atoms with Crippen LogP contribution in [0.15, 0.2) is 67.1 Å². The van der Waals surface area contributed by atoms with E-state index in [9.17, 15) is 4.79 Å². The number of anilines is 1. The highest BCUT2D eigenvalue weighted by atomic mass is 16.1. The first-order valence-electron chi connectivity index (χ1n) is 6.61. The molecular weight excluding hydrogens is 264 g/mol. The van der Waals surface area contributed by atoms with Crippen molar-refractivity contribution >= 4 is 11.6 Å². The molecule has 2 aromatic heterocycles.